The van der Waals surface area contributed by atoms with Crippen molar-refractivity contribution in [3.05, 3.63) is 48.7 Å². The standard InChI is InChI=1S/C13H14N2/c1-10(2)9-15-13-7-8-14-12-6-4-3-5-11(12)13/h3-8H,1,9H2,2H3,(H,14,15). The molecule has 0 atom stereocenters. The average molecular weight is 198 g/mol. The Labute approximate surface area is 89.7 Å². The molecule has 1 N–H and O–H groups in total. The summed E-state index contributed by atoms with van der Waals surface area (Å²) in [5.74, 6) is 0. The molecule has 0 aliphatic carbocycles. The van der Waals surface area contributed by atoms with E-state index in [1.807, 2.05) is 37.4 Å². The van der Waals surface area contributed by atoms with Crippen molar-refractivity contribution in [3.63, 3.8) is 0 Å². The van der Waals surface area contributed by atoms with Crippen LogP contribution in [0.2, 0.25) is 0 Å². The van der Waals surface area contributed by atoms with Crippen LogP contribution in [0.5, 0.6) is 0 Å². The maximum atomic E-state index is 4.31. The van der Waals surface area contributed by atoms with Gasteiger partial charge in [0.25, 0.3) is 0 Å². The van der Waals surface area contributed by atoms with Crippen LogP contribution in [0.1, 0.15) is 6.92 Å². The molecule has 2 heteroatoms. The molecule has 0 bridgehead atoms. The van der Waals surface area contributed by atoms with Crippen molar-refractivity contribution in [1.29, 1.82) is 0 Å². The van der Waals surface area contributed by atoms with Gasteiger partial charge in [-0.1, -0.05) is 30.4 Å². The van der Waals surface area contributed by atoms with Crippen molar-refractivity contribution in [3.8, 4) is 0 Å². The van der Waals surface area contributed by atoms with Gasteiger partial charge in [0, 0.05) is 23.8 Å². The molecule has 0 amide bonds. The normalized spacial score (nSPS) is 10.2. The highest BCUT2D eigenvalue weighted by Crippen LogP contribution is 2.20. The van der Waals surface area contributed by atoms with Crippen molar-refractivity contribution < 1.29 is 0 Å². The lowest BCUT2D eigenvalue weighted by Crippen LogP contribution is -2.02. The zero-order chi connectivity index (χ0) is 10.7. The maximum Gasteiger partial charge on any atom is 0.0722 e. The Bertz CT molecular complexity index is 483. The first kappa shape index (κ1) is 9.71. The Hall–Kier alpha value is -1.83. The monoisotopic (exact) mass is 198 g/mol. The fourth-order valence-corrected chi connectivity index (χ4v) is 1.50. The SMILES string of the molecule is C=C(C)CNc1ccnc2ccccc12. The van der Waals surface area contributed by atoms with Crippen LogP contribution in [0.3, 0.4) is 0 Å². The van der Waals surface area contributed by atoms with Crippen LogP contribution in [0.25, 0.3) is 10.9 Å². The Morgan fingerprint density at radius 1 is 1.33 bits per heavy atom. The van der Waals surface area contributed by atoms with Crippen LogP contribution >= 0.6 is 0 Å². The topological polar surface area (TPSA) is 24.9 Å². The molecule has 2 aromatic rings. The lowest BCUT2D eigenvalue weighted by Gasteiger charge is -2.08. The molecule has 0 fully saturated rings. The summed E-state index contributed by atoms with van der Waals surface area (Å²) < 4.78 is 0. The van der Waals surface area contributed by atoms with E-state index in [1.165, 1.54) is 0 Å². The number of hydrogen-bond donors (Lipinski definition) is 1. The van der Waals surface area contributed by atoms with Crippen molar-refractivity contribution in [1.82, 2.24) is 4.98 Å². The number of anilines is 1. The van der Waals surface area contributed by atoms with E-state index in [4.69, 9.17) is 0 Å². The highest BCUT2D eigenvalue weighted by atomic mass is 14.9. The summed E-state index contributed by atoms with van der Waals surface area (Å²) in [6, 6.07) is 10.1. The van der Waals surface area contributed by atoms with Crippen LogP contribution in [-0.4, -0.2) is 11.5 Å². The maximum absolute atomic E-state index is 4.31. The fraction of sp³-hybridized carbons (Fsp3) is 0.154. The first-order valence-electron chi connectivity index (χ1n) is 4.99. The fourth-order valence-electron chi connectivity index (χ4n) is 1.50. The summed E-state index contributed by atoms with van der Waals surface area (Å²) >= 11 is 0. The quantitative estimate of drug-likeness (QED) is 0.766. The number of nitrogens with zero attached hydrogens (tertiary/aromatic N) is 1. The number of aromatic nitrogens is 1. The zero-order valence-corrected chi connectivity index (χ0v) is 8.83. The molecule has 2 rings (SSSR count). The lowest BCUT2D eigenvalue weighted by molar-refractivity contribution is 1.22. The number of pyridine rings is 1. The van der Waals surface area contributed by atoms with Crippen LogP contribution in [0.4, 0.5) is 5.69 Å². The second-order valence-corrected chi connectivity index (χ2v) is 3.69. The van der Waals surface area contributed by atoms with Gasteiger partial charge in [-0.15, -0.1) is 0 Å². The summed E-state index contributed by atoms with van der Waals surface area (Å²) in [6.07, 6.45) is 1.82. The molecule has 15 heavy (non-hydrogen) atoms. The van der Waals surface area contributed by atoms with Crippen LogP contribution < -0.4 is 5.32 Å². The minimum Gasteiger partial charge on any atom is -0.381 e. The van der Waals surface area contributed by atoms with E-state index in [0.717, 1.165) is 28.7 Å². The van der Waals surface area contributed by atoms with Gasteiger partial charge in [0.05, 0.1) is 5.52 Å². The molecule has 0 saturated carbocycles. The second-order valence-electron chi connectivity index (χ2n) is 3.69. The molecule has 0 radical (unpaired) electrons. The van der Waals surface area contributed by atoms with Gasteiger partial charge in [0.2, 0.25) is 0 Å². The second kappa shape index (κ2) is 4.13. The Morgan fingerprint density at radius 2 is 2.13 bits per heavy atom. The molecule has 0 aliphatic rings. The molecule has 1 aromatic carbocycles. The van der Waals surface area contributed by atoms with E-state index >= 15 is 0 Å². The molecule has 76 valence electrons. The summed E-state index contributed by atoms with van der Waals surface area (Å²) in [5, 5.41) is 4.50. The molecular formula is C13H14N2. The van der Waals surface area contributed by atoms with Gasteiger partial charge < -0.3 is 5.32 Å². The van der Waals surface area contributed by atoms with Gasteiger partial charge in [0.15, 0.2) is 0 Å². The number of benzene rings is 1. The predicted octanol–water partition coefficient (Wildman–Crippen LogP) is 3.22. The molecule has 0 saturated heterocycles. The summed E-state index contributed by atoms with van der Waals surface area (Å²) in [7, 11) is 0. The predicted molar refractivity (Wildman–Crippen MR) is 65.0 cm³/mol. The highest BCUT2D eigenvalue weighted by molar-refractivity contribution is 5.90. The van der Waals surface area contributed by atoms with Gasteiger partial charge in [-0.2, -0.15) is 0 Å². The molecule has 2 nitrogen and oxygen atoms in total. The summed E-state index contributed by atoms with van der Waals surface area (Å²) in [6.45, 7) is 6.68. The summed E-state index contributed by atoms with van der Waals surface area (Å²) in [4.78, 5) is 4.31. The van der Waals surface area contributed by atoms with Crippen molar-refractivity contribution in [2.24, 2.45) is 0 Å². The largest absolute Gasteiger partial charge is 0.381 e. The minimum atomic E-state index is 0.800. The van der Waals surface area contributed by atoms with Gasteiger partial charge in [-0.3, -0.25) is 4.98 Å². The van der Waals surface area contributed by atoms with E-state index in [-0.39, 0.29) is 0 Å². The van der Waals surface area contributed by atoms with Crippen LogP contribution in [-0.2, 0) is 0 Å². The van der Waals surface area contributed by atoms with E-state index in [1.54, 1.807) is 0 Å². The third kappa shape index (κ3) is 2.15. The molecule has 0 unspecified atom stereocenters. The number of para-hydroxylation sites is 1. The first-order valence-corrected chi connectivity index (χ1v) is 4.99. The smallest absolute Gasteiger partial charge is 0.0722 e. The van der Waals surface area contributed by atoms with E-state index in [2.05, 4.69) is 22.9 Å². The van der Waals surface area contributed by atoms with Crippen molar-refractivity contribution >= 4 is 16.6 Å². The van der Waals surface area contributed by atoms with Gasteiger partial charge >= 0.3 is 0 Å². The molecule has 1 heterocycles. The number of fused-ring (bicyclic) bond motifs is 1. The molecular weight excluding hydrogens is 184 g/mol. The van der Waals surface area contributed by atoms with E-state index in [9.17, 15) is 0 Å². The number of hydrogen-bond acceptors (Lipinski definition) is 2. The Balaban J connectivity index is 2.38. The molecule has 0 spiro atoms. The van der Waals surface area contributed by atoms with Gasteiger partial charge in [-0.25, -0.2) is 0 Å². The minimum absolute atomic E-state index is 0.800. The number of nitrogens with one attached hydrogen (secondary N) is 1. The number of rotatable bonds is 3. The third-order valence-corrected chi connectivity index (χ3v) is 2.23. The van der Waals surface area contributed by atoms with Gasteiger partial charge in [-0.05, 0) is 19.1 Å². The Morgan fingerprint density at radius 3 is 2.93 bits per heavy atom. The highest BCUT2D eigenvalue weighted by Gasteiger charge is 1.99. The third-order valence-electron chi connectivity index (χ3n) is 2.23. The van der Waals surface area contributed by atoms with Gasteiger partial charge in [0.1, 0.15) is 0 Å². The first-order chi connectivity index (χ1) is 7.27. The van der Waals surface area contributed by atoms with E-state index in [0.29, 0.717) is 0 Å². The van der Waals surface area contributed by atoms with Crippen LogP contribution in [0.15, 0.2) is 48.7 Å². The van der Waals surface area contributed by atoms with E-state index < -0.39 is 0 Å². The average Bonchev–Trinajstić information content (AvgIpc) is 2.26. The molecule has 1 aromatic heterocycles. The van der Waals surface area contributed by atoms with Crippen molar-refractivity contribution in [2.45, 2.75) is 6.92 Å². The Kier molecular flexibility index (Phi) is 2.68. The molecule has 0 aliphatic heterocycles. The summed E-state index contributed by atoms with van der Waals surface area (Å²) in [5.41, 5.74) is 3.25. The lowest BCUT2D eigenvalue weighted by atomic mass is 10.2. The van der Waals surface area contributed by atoms with Crippen molar-refractivity contribution in [2.75, 3.05) is 11.9 Å². The van der Waals surface area contributed by atoms with Crippen LogP contribution in [0, 0.1) is 0 Å². The zero-order valence-electron chi connectivity index (χ0n) is 8.83.